The standard InChI is InChI=1S/C25H13BrCl2N2O3S/c26-16-5-2-1-4-13(16)20-14-9-8-12(10-18(14)33-24(30)15(20)11-29)32-25(31)23-22(28)21-17(27)6-3-7-19(21)34-23/h1-10,20H,30H2. The van der Waals surface area contributed by atoms with Gasteiger partial charge in [-0.05, 0) is 29.8 Å². The van der Waals surface area contributed by atoms with E-state index >= 15 is 0 Å². The van der Waals surface area contributed by atoms with Crippen molar-refractivity contribution < 1.29 is 14.3 Å². The molecule has 168 valence electrons. The summed E-state index contributed by atoms with van der Waals surface area (Å²) >= 11 is 17.4. The molecule has 5 nitrogen and oxygen atoms in total. The Morgan fingerprint density at radius 1 is 1.12 bits per heavy atom. The second kappa shape index (κ2) is 8.97. The highest BCUT2D eigenvalue weighted by molar-refractivity contribution is 9.10. The van der Waals surface area contributed by atoms with Crippen LogP contribution in [0.1, 0.15) is 26.7 Å². The molecule has 0 aliphatic carbocycles. The topological polar surface area (TPSA) is 85.3 Å². The summed E-state index contributed by atoms with van der Waals surface area (Å²) in [5.74, 6) is -0.397. The van der Waals surface area contributed by atoms with Gasteiger partial charge < -0.3 is 15.2 Å². The molecule has 34 heavy (non-hydrogen) atoms. The first-order chi connectivity index (χ1) is 16.4. The van der Waals surface area contributed by atoms with E-state index in [0.29, 0.717) is 21.7 Å². The fourth-order valence-electron chi connectivity index (χ4n) is 3.88. The summed E-state index contributed by atoms with van der Waals surface area (Å²) in [4.78, 5) is 13.2. The van der Waals surface area contributed by atoms with Crippen molar-refractivity contribution in [3.8, 4) is 17.6 Å². The quantitative estimate of drug-likeness (QED) is 0.204. The van der Waals surface area contributed by atoms with Gasteiger partial charge in [0.05, 0.1) is 16.0 Å². The van der Waals surface area contributed by atoms with Crippen LogP contribution in [0.25, 0.3) is 10.1 Å². The molecule has 1 aliphatic rings. The highest BCUT2D eigenvalue weighted by atomic mass is 79.9. The van der Waals surface area contributed by atoms with Crippen molar-refractivity contribution >= 4 is 66.5 Å². The van der Waals surface area contributed by atoms with E-state index in [2.05, 4.69) is 22.0 Å². The van der Waals surface area contributed by atoms with E-state index in [4.69, 9.17) is 38.4 Å². The Kier molecular flexibility index (Phi) is 6.00. The number of hydrogen-bond acceptors (Lipinski definition) is 6. The highest BCUT2D eigenvalue weighted by Crippen LogP contribution is 2.45. The number of hydrogen-bond donors (Lipinski definition) is 1. The summed E-state index contributed by atoms with van der Waals surface area (Å²) in [6, 6.07) is 20.1. The van der Waals surface area contributed by atoms with Gasteiger partial charge in [0.15, 0.2) is 0 Å². The highest BCUT2D eigenvalue weighted by Gasteiger charge is 2.32. The third-order valence-corrected chi connectivity index (χ3v) is 8.07. The number of rotatable bonds is 3. The maximum atomic E-state index is 12.9. The number of nitrogens with two attached hydrogens (primary N) is 1. The van der Waals surface area contributed by atoms with E-state index in [1.807, 2.05) is 30.3 Å². The summed E-state index contributed by atoms with van der Waals surface area (Å²) in [6.07, 6.45) is 0. The van der Waals surface area contributed by atoms with Crippen LogP contribution < -0.4 is 15.2 Å². The first kappa shape index (κ1) is 22.8. The average Bonchev–Trinajstić information content (AvgIpc) is 3.16. The van der Waals surface area contributed by atoms with Crippen molar-refractivity contribution in [3.05, 3.63) is 103 Å². The summed E-state index contributed by atoms with van der Waals surface area (Å²) < 4.78 is 13.0. The molecule has 0 amide bonds. The van der Waals surface area contributed by atoms with Gasteiger partial charge in [-0.3, -0.25) is 0 Å². The van der Waals surface area contributed by atoms with Gasteiger partial charge in [0.2, 0.25) is 5.88 Å². The van der Waals surface area contributed by atoms with Crippen LogP contribution in [0, 0.1) is 11.3 Å². The molecule has 0 bridgehead atoms. The van der Waals surface area contributed by atoms with Crippen molar-refractivity contribution in [2.75, 3.05) is 0 Å². The molecule has 3 aromatic carbocycles. The molecule has 1 aliphatic heterocycles. The number of benzene rings is 3. The summed E-state index contributed by atoms with van der Waals surface area (Å²) in [5, 5.41) is 11.1. The van der Waals surface area contributed by atoms with Crippen LogP contribution in [0.4, 0.5) is 0 Å². The number of carbonyl (C=O) groups is 1. The number of halogens is 3. The molecular weight excluding hydrogens is 559 g/mol. The molecule has 1 unspecified atom stereocenters. The SMILES string of the molecule is N#CC1=C(N)Oc2cc(OC(=O)c3sc4cccc(Cl)c4c3Cl)ccc2C1c1ccccc1Br. The third kappa shape index (κ3) is 3.83. The minimum Gasteiger partial charge on any atom is -0.440 e. The van der Waals surface area contributed by atoms with Crippen LogP contribution in [0.5, 0.6) is 11.5 Å². The number of nitriles is 1. The molecule has 0 radical (unpaired) electrons. The monoisotopic (exact) mass is 570 g/mol. The molecule has 4 aromatic rings. The second-order valence-corrected chi connectivity index (χ2v) is 10.1. The van der Waals surface area contributed by atoms with Crippen LogP contribution in [-0.2, 0) is 0 Å². The maximum absolute atomic E-state index is 12.9. The number of allylic oxidation sites excluding steroid dienone is 1. The van der Waals surface area contributed by atoms with Crippen LogP contribution >= 0.6 is 50.5 Å². The van der Waals surface area contributed by atoms with Crippen LogP contribution in [0.2, 0.25) is 10.0 Å². The number of ether oxygens (including phenoxy) is 2. The van der Waals surface area contributed by atoms with E-state index in [1.54, 1.807) is 30.3 Å². The molecule has 1 atom stereocenters. The first-order valence-corrected chi connectivity index (χ1v) is 12.3. The largest absolute Gasteiger partial charge is 0.440 e. The van der Waals surface area contributed by atoms with Crippen LogP contribution in [0.15, 0.2) is 76.6 Å². The molecule has 2 heterocycles. The van der Waals surface area contributed by atoms with Gasteiger partial charge in [-0.1, -0.05) is 69.5 Å². The molecule has 2 N–H and O–H groups in total. The van der Waals surface area contributed by atoms with Crippen molar-refractivity contribution in [1.29, 1.82) is 5.26 Å². The number of nitrogens with zero attached hydrogens (tertiary/aromatic N) is 1. The molecule has 0 saturated heterocycles. The predicted octanol–water partition coefficient (Wildman–Crippen LogP) is 7.41. The lowest BCUT2D eigenvalue weighted by Crippen LogP contribution is -2.21. The fourth-order valence-corrected chi connectivity index (χ4v) is 6.22. The van der Waals surface area contributed by atoms with Crippen molar-refractivity contribution in [2.24, 2.45) is 5.73 Å². The Bertz CT molecular complexity index is 1560. The second-order valence-electron chi connectivity index (χ2n) is 7.39. The fraction of sp³-hybridized carbons (Fsp3) is 0.0400. The molecule has 5 rings (SSSR count). The zero-order valence-electron chi connectivity index (χ0n) is 17.1. The molecular formula is C25H13BrCl2N2O3S. The lowest BCUT2D eigenvalue weighted by molar-refractivity contribution is 0.0740. The Balaban J connectivity index is 1.51. The Morgan fingerprint density at radius 3 is 2.65 bits per heavy atom. The third-order valence-electron chi connectivity index (χ3n) is 5.41. The molecule has 9 heteroatoms. The van der Waals surface area contributed by atoms with Gasteiger partial charge in [-0.25, -0.2) is 4.79 Å². The van der Waals surface area contributed by atoms with Crippen molar-refractivity contribution in [1.82, 2.24) is 0 Å². The van der Waals surface area contributed by atoms with E-state index in [1.165, 1.54) is 11.3 Å². The van der Waals surface area contributed by atoms with Crippen LogP contribution in [-0.4, -0.2) is 5.97 Å². The smallest absolute Gasteiger partial charge is 0.355 e. The number of fused-ring (bicyclic) bond motifs is 2. The minimum atomic E-state index is -0.610. The van der Waals surface area contributed by atoms with Gasteiger partial charge in [-0.15, -0.1) is 11.3 Å². The number of esters is 1. The lowest BCUT2D eigenvalue weighted by atomic mass is 9.83. The molecule has 0 spiro atoms. The van der Waals surface area contributed by atoms with Gasteiger partial charge in [0, 0.05) is 26.2 Å². The van der Waals surface area contributed by atoms with E-state index in [0.717, 1.165) is 20.3 Å². The summed E-state index contributed by atoms with van der Waals surface area (Å²) in [6.45, 7) is 0. The zero-order chi connectivity index (χ0) is 24.0. The van der Waals surface area contributed by atoms with Crippen molar-refractivity contribution in [3.63, 3.8) is 0 Å². The maximum Gasteiger partial charge on any atom is 0.355 e. The summed E-state index contributed by atoms with van der Waals surface area (Å²) in [5.41, 5.74) is 7.98. The van der Waals surface area contributed by atoms with E-state index < -0.39 is 11.9 Å². The van der Waals surface area contributed by atoms with Gasteiger partial charge in [-0.2, -0.15) is 5.26 Å². The van der Waals surface area contributed by atoms with Crippen LogP contribution in [0.3, 0.4) is 0 Å². The normalized spacial score (nSPS) is 14.9. The first-order valence-electron chi connectivity index (χ1n) is 9.93. The number of thiophene rings is 1. The van der Waals surface area contributed by atoms with E-state index in [-0.39, 0.29) is 21.5 Å². The molecule has 0 fully saturated rings. The van der Waals surface area contributed by atoms with Crippen molar-refractivity contribution in [2.45, 2.75) is 5.92 Å². The van der Waals surface area contributed by atoms with Gasteiger partial charge in [0.1, 0.15) is 28.0 Å². The van der Waals surface area contributed by atoms with Gasteiger partial charge >= 0.3 is 5.97 Å². The lowest BCUT2D eigenvalue weighted by Gasteiger charge is -2.27. The Hall–Kier alpha value is -3.02. The Labute approximate surface area is 217 Å². The zero-order valence-corrected chi connectivity index (χ0v) is 21.1. The average molecular weight is 572 g/mol. The number of carbonyl (C=O) groups excluding carboxylic acids is 1. The Morgan fingerprint density at radius 2 is 1.91 bits per heavy atom. The molecule has 1 aromatic heterocycles. The minimum absolute atomic E-state index is 0.00132. The van der Waals surface area contributed by atoms with Gasteiger partial charge in [0.25, 0.3) is 0 Å². The van der Waals surface area contributed by atoms with E-state index in [9.17, 15) is 10.1 Å². The predicted molar refractivity (Wildman–Crippen MR) is 137 cm³/mol. The molecule has 0 saturated carbocycles. The summed E-state index contributed by atoms with van der Waals surface area (Å²) in [7, 11) is 0.